The van der Waals surface area contributed by atoms with Crippen molar-refractivity contribution in [2.24, 2.45) is 0 Å². The van der Waals surface area contributed by atoms with Gasteiger partial charge in [0.25, 0.3) is 0 Å². The fraction of sp³-hybridized carbons (Fsp3) is 0.273. The average molecular weight is 500 g/mol. The first-order chi connectivity index (χ1) is 15.0. The van der Waals surface area contributed by atoms with E-state index >= 15 is 0 Å². The van der Waals surface area contributed by atoms with E-state index in [0.717, 1.165) is 22.3 Å². The molecule has 1 aliphatic carbocycles. The van der Waals surface area contributed by atoms with E-state index in [-0.39, 0.29) is 12.5 Å². The lowest BCUT2D eigenvalue weighted by Gasteiger charge is -2.06. The molecule has 0 spiro atoms. The highest BCUT2D eigenvalue weighted by molar-refractivity contribution is 9.10. The van der Waals surface area contributed by atoms with Gasteiger partial charge in [0.2, 0.25) is 5.91 Å². The lowest BCUT2D eigenvalue weighted by atomic mass is 10.1. The van der Waals surface area contributed by atoms with Crippen molar-refractivity contribution < 1.29 is 4.79 Å². The molecule has 9 heteroatoms. The first-order valence-electron chi connectivity index (χ1n) is 10.1. The van der Waals surface area contributed by atoms with Crippen LogP contribution in [0, 0.1) is 6.92 Å². The van der Waals surface area contributed by atoms with Crippen LogP contribution in [0.4, 0.5) is 5.82 Å². The third-order valence-corrected chi connectivity index (χ3v) is 6.36. The zero-order valence-electron chi connectivity index (χ0n) is 16.8. The van der Waals surface area contributed by atoms with Gasteiger partial charge in [-0.15, -0.1) is 0 Å². The number of hydrogen-bond acceptors (Lipinski definition) is 4. The van der Waals surface area contributed by atoms with Crippen LogP contribution >= 0.6 is 27.5 Å². The number of rotatable bonds is 6. The summed E-state index contributed by atoms with van der Waals surface area (Å²) in [5.74, 6) is 0.831. The number of amides is 1. The van der Waals surface area contributed by atoms with Crippen LogP contribution in [-0.4, -0.2) is 30.5 Å². The van der Waals surface area contributed by atoms with Crippen LogP contribution < -0.4 is 5.32 Å². The molecule has 1 aromatic carbocycles. The van der Waals surface area contributed by atoms with E-state index in [1.54, 1.807) is 15.6 Å². The number of carbonyl (C=O) groups is 1. The minimum absolute atomic E-state index is 0.0648. The Labute approximate surface area is 192 Å². The maximum Gasteiger partial charge on any atom is 0.247 e. The fourth-order valence-electron chi connectivity index (χ4n) is 3.83. The molecule has 1 N–H and O–H groups in total. The lowest BCUT2D eigenvalue weighted by molar-refractivity contribution is -0.116. The molecule has 31 heavy (non-hydrogen) atoms. The van der Waals surface area contributed by atoms with Crippen LogP contribution in [0.15, 0.2) is 47.2 Å². The summed E-state index contributed by atoms with van der Waals surface area (Å²) in [6, 6.07) is 9.68. The summed E-state index contributed by atoms with van der Waals surface area (Å²) in [5, 5.41) is 13.7. The van der Waals surface area contributed by atoms with Crippen molar-refractivity contribution in [3.63, 3.8) is 0 Å². The number of anilines is 1. The molecule has 1 amide bonds. The van der Waals surface area contributed by atoms with Gasteiger partial charge in [0.05, 0.1) is 16.7 Å². The normalized spacial score (nSPS) is 13.6. The second-order valence-corrected chi connectivity index (χ2v) is 9.04. The van der Waals surface area contributed by atoms with Crippen LogP contribution in [0.5, 0.6) is 0 Å². The Hall–Kier alpha value is -2.71. The van der Waals surface area contributed by atoms with Crippen LogP contribution in [0.25, 0.3) is 11.0 Å². The quantitative estimate of drug-likeness (QED) is 0.409. The first kappa shape index (κ1) is 20.2. The molecule has 1 fully saturated rings. The van der Waals surface area contributed by atoms with Gasteiger partial charge in [0.15, 0.2) is 11.5 Å². The van der Waals surface area contributed by atoms with E-state index in [2.05, 4.69) is 42.5 Å². The molecule has 0 saturated heterocycles. The Morgan fingerprint density at radius 3 is 2.84 bits per heavy atom. The van der Waals surface area contributed by atoms with Crippen molar-refractivity contribution in [3.05, 3.63) is 69.0 Å². The monoisotopic (exact) mass is 498 g/mol. The summed E-state index contributed by atoms with van der Waals surface area (Å²) in [4.78, 5) is 17.2. The second kappa shape index (κ2) is 8.09. The van der Waals surface area contributed by atoms with Crippen LogP contribution in [-0.2, 0) is 17.9 Å². The number of fused-ring (bicyclic) bond motifs is 1. The summed E-state index contributed by atoms with van der Waals surface area (Å²) in [7, 11) is 0. The Morgan fingerprint density at radius 2 is 2.06 bits per heavy atom. The Morgan fingerprint density at radius 1 is 1.26 bits per heavy atom. The van der Waals surface area contributed by atoms with Gasteiger partial charge in [-0.05, 0) is 64.9 Å². The molecule has 0 atom stereocenters. The van der Waals surface area contributed by atoms with Gasteiger partial charge in [0.1, 0.15) is 6.54 Å². The highest BCUT2D eigenvalue weighted by atomic mass is 79.9. The smallest absolute Gasteiger partial charge is 0.247 e. The maximum atomic E-state index is 12.7. The van der Waals surface area contributed by atoms with Crippen molar-refractivity contribution in [1.29, 1.82) is 0 Å². The van der Waals surface area contributed by atoms with E-state index in [4.69, 9.17) is 11.6 Å². The molecule has 1 aliphatic rings. The zero-order chi connectivity index (χ0) is 21.5. The predicted octanol–water partition coefficient (Wildman–Crippen LogP) is 4.92. The molecule has 3 heterocycles. The summed E-state index contributed by atoms with van der Waals surface area (Å²) in [5.41, 5.74) is 3.90. The SMILES string of the molecule is Cc1nn(CC(=O)Nc2nn(Cc3ccccc3Cl)cc2Br)c2nccc(C3CC3)c12. The number of pyridine rings is 1. The number of nitrogens with zero attached hydrogens (tertiary/aromatic N) is 5. The van der Waals surface area contributed by atoms with Crippen LogP contribution in [0.2, 0.25) is 5.02 Å². The standard InChI is InChI=1S/C22H20BrClN6O/c1-13-20-16(14-6-7-14)8-9-25-22(20)30(27-13)12-19(31)26-21-17(23)11-29(28-21)10-15-4-2-3-5-18(15)24/h2-5,8-9,11,14H,6-7,10,12H2,1H3,(H,26,28,31). The number of hydrogen-bond donors (Lipinski definition) is 1. The summed E-state index contributed by atoms with van der Waals surface area (Å²) >= 11 is 9.71. The molecule has 0 radical (unpaired) electrons. The number of nitrogens with one attached hydrogen (secondary N) is 1. The largest absolute Gasteiger partial charge is 0.307 e. The molecule has 3 aromatic heterocycles. The number of carbonyl (C=O) groups excluding carboxylic acids is 1. The highest BCUT2D eigenvalue weighted by Gasteiger charge is 2.27. The minimum atomic E-state index is -0.216. The van der Waals surface area contributed by atoms with Gasteiger partial charge in [-0.3, -0.25) is 9.48 Å². The van der Waals surface area contributed by atoms with Crippen molar-refractivity contribution in [2.75, 3.05) is 5.32 Å². The number of aryl methyl sites for hydroxylation is 1. The van der Waals surface area contributed by atoms with Gasteiger partial charge >= 0.3 is 0 Å². The summed E-state index contributed by atoms with van der Waals surface area (Å²) < 4.78 is 4.10. The molecule has 1 saturated carbocycles. The molecule has 7 nitrogen and oxygen atoms in total. The maximum absolute atomic E-state index is 12.7. The molecule has 0 unspecified atom stereocenters. The van der Waals surface area contributed by atoms with Gasteiger partial charge in [-0.1, -0.05) is 29.8 Å². The average Bonchev–Trinajstić information content (AvgIpc) is 3.47. The Kier molecular flexibility index (Phi) is 5.27. The Balaban J connectivity index is 1.33. The van der Waals surface area contributed by atoms with Crippen molar-refractivity contribution in [2.45, 2.75) is 38.8 Å². The number of aromatic nitrogens is 5. The predicted molar refractivity (Wildman–Crippen MR) is 123 cm³/mol. The van der Waals surface area contributed by atoms with E-state index in [1.165, 1.54) is 18.4 Å². The van der Waals surface area contributed by atoms with Crippen LogP contribution in [0.3, 0.4) is 0 Å². The highest BCUT2D eigenvalue weighted by Crippen LogP contribution is 2.43. The molecule has 0 bridgehead atoms. The number of benzene rings is 1. The third-order valence-electron chi connectivity index (χ3n) is 5.42. The molecular formula is C22H20BrClN6O. The number of halogens is 2. The summed E-state index contributed by atoms with van der Waals surface area (Å²) in [6.07, 6.45) is 6.03. The third kappa shape index (κ3) is 4.09. The topological polar surface area (TPSA) is 77.6 Å². The molecular weight excluding hydrogens is 480 g/mol. The second-order valence-electron chi connectivity index (χ2n) is 7.78. The fourth-order valence-corrected chi connectivity index (χ4v) is 4.44. The molecule has 158 valence electrons. The van der Waals surface area contributed by atoms with Crippen LogP contribution in [0.1, 0.15) is 35.6 Å². The molecule has 5 rings (SSSR count). The van der Waals surface area contributed by atoms with E-state index < -0.39 is 0 Å². The van der Waals surface area contributed by atoms with Crippen molar-refractivity contribution in [1.82, 2.24) is 24.5 Å². The summed E-state index contributed by atoms with van der Waals surface area (Å²) in [6.45, 7) is 2.54. The van der Waals surface area contributed by atoms with Crippen molar-refractivity contribution >= 4 is 50.3 Å². The van der Waals surface area contributed by atoms with E-state index in [9.17, 15) is 4.79 Å². The van der Waals surface area contributed by atoms with E-state index in [1.807, 2.05) is 37.4 Å². The van der Waals surface area contributed by atoms with Gasteiger partial charge in [0, 0.05) is 22.8 Å². The van der Waals surface area contributed by atoms with Gasteiger partial charge in [-0.2, -0.15) is 10.2 Å². The van der Waals surface area contributed by atoms with E-state index in [0.29, 0.717) is 27.8 Å². The molecule has 4 aromatic rings. The minimum Gasteiger partial charge on any atom is -0.307 e. The van der Waals surface area contributed by atoms with Gasteiger partial charge in [-0.25, -0.2) is 9.67 Å². The van der Waals surface area contributed by atoms with Crippen molar-refractivity contribution in [3.8, 4) is 0 Å². The lowest BCUT2D eigenvalue weighted by Crippen LogP contribution is -2.20. The Bertz CT molecular complexity index is 1290. The zero-order valence-corrected chi connectivity index (χ0v) is 19.2. The molecule has 0 aliphatic heterocycles. The van der Waals surface area contributed by atoms with Gasteiger partial charge < -0.3 is 5.32 Å². The first-order valence-corrected chi connectivity index (χ1v) is 11.2.